The molecule has 0 aliphatic rings. The Labute approximate surface area is 98.7 Å². The van der Waals surface area contributed by atoms with Gasteiger partial charge in [0.25, 0.3) is 0 Å². The smallest absolute Gasteiger partial charge is 0.218 e. The van der Waals surface area contributed by atoms with E-state index in [1.54, 1.807) is 12.1 Å². The maximum Gasteiger partial charge on any atom is 0.218 e. The molecule has 88 valence electrons. The Balaban J connectivity index is 0.00000225. The lowest BCUT2D eigenvalue weighted by Gasteiger charge is -1.97. The zero-order valence-electron chi connectivity index (χ0n) is 8.43. The lowest BCUT2D eigenvalue weighted by Crippen LogP contribution is -2.26. The van der Waals surface area contributed by atoms with Crippen molar-refractivity contribution in [3.8, 4) is 0 Å². The molecule has 0 aliphatic carbocycles. The number of guanidine groups is 2. The largest absolute Gasteiger partial charge is 0.370 e. The average Bonchev–Trinajstić information content (AvgIpc) is 2.14. The fourth-order valence-corrected chi connectivity index (χ4v) is 0.975. The minimum Gasteiger partial charge on any atom is -0.370 e. The summed E-state index contributed by atoms with van der Waals surface area (Å²) in [5, 5.41) is 0. The van der Waals surface area contributed by atoms with Crippen molar-refractivity contribution in [3.05, 3.63) is 35.6 Å². The third-order valence-corrected chi connectivity index (χ3v) is 1.56. The lowest BCUT2D eigenvalue weighted by molar-refractivity contribution is 0.625. The Hall–Kier alpha value is -1.82. The number of rotatable bonds is 2. The molecule has 0 unspecified atom stereocenters. The van der Waals surface area contributed by atoms with Crippen LogP contribution in [0.15, 0.2) is 34.3 Å². The van der Waals surface area contributed by atoms with E-state index in [4.69, 9.17) is 17.2 Å². The number of aliphatic imine (C=N–C) groups is 2. The standard InChI is InChI=1S/C9H12FN5.ClH/c10-7-3-1-2-6(4-7)5-14-9(13)15-8(11)12;/h1-4H,5H2,(H6,11,12,13,14,15);1H. The molecule has 0 aliphatic heterocycles. The van der Waals surface area contributed by atoms with Crippen molar-refractivity contribution in [1.82, 2.24) is 0 Å². The van der Waals surface area contributed by atoms with E-state index in [-0.39, 0.29) is 36.7 Å². The first-order valence-electron chi connectivity index (χ1n) is 4.22. The van der Waals surface area contributed by atoms with Crippen LogP contribution in [0.1, 0.15) is 5.56 Å². The van der Waals surface area contributed by atoms with Crippen molar-refractivity contribution >= 4 is 24.3 Å². The van der Waals surface area contributed by atoms with E-state index in [1.807, 2.05) is 0 Å². The van der Waals surface area contributed by atoms with Gasteiger partial charge in [0.05, 0.1) is 6.54 Å². The molecule has 0 heterocycles. The highest BCUT2D eigenvalue weighted by molar-refractivity contribution is 5.92. The van der Waals surface area contributed by atoms with E-state index in [1.165, 1.54) is 12.1 Å². The lowest BCUT2D eigenvalue weighted by atomic mass is 10.2. The first kappa shape index (κ1) is 14.2. The maximum atomic E-state index is 12.8. The summed E-state index contributed by atoms with van der Waals surface area (Å²) in [7, 11) is 0. The van der Waals surface area contributed by atoms with Gasteiger partial charge in [-0.3, -0.25) is 0 Å². The predicted molar refractivity (Wildman–Crippen MR) is 64.8 cm³/mol. The second kappa shape index (κ2) is 6.62. The van der Waals surface area contributed by atoms with Crippen LogP contribution >= 0.6 is 12.4 Å². The SMILES string of the molecule is Cl.NC(N)=NC(N)=NCc1cccc(F)c1. The monoisotopic (exact) mass is 245 g/mol. The molecule has 0 aromatic heterocycles. The van der Waals surface area contributed by atoms with Gasteiger partial charge in [0.1, 0.15) is 5.82 Å². The minimum atomic E-state index is -0.317. The van der Waals surface area contributed by atoms with Crippen LogP contribution in [0.4, 0.5) is 4.39 Å². The van der Waals surface area contributed by atoms with Gasteiger partial charge in [-0.2, -0.15) is 4.99 Å². The molecule has 0 saturated carbocycles. The van der Waals surface area contributed by atoms with E-state index in [0.29, 0.717) is 5.56 Å². The van der Waals surface area contributed by atoms with Crippen LogP contribution in [0.5, 0.6) is 0 Å². The first-order valence-corrected chi connectivity index (χ1v) is 4.22. The molecule has 5 nitrogen and oxygen atoms in total. The number of nitrogens with zero attached hydrogens (tertiary/aromatic N) is 2. The van der Waals surface area contributed by atoms with Crippen molar-refractivity contribution in [2.45, 2.75) is 6.54 Å². The summed E-state index contributed by atoms with van der Waals surface area (Å²) < 4.78 is 12.8. The van der Waals surface area contributed by atoms with Crippen LogP contribution in [0, 0.1) is 5.82 Å². The fraction of sp³-hybridized carbons (Fsp3) is 0.111. The van der Waals surface area contributed by atoms with Gasteiger partial charge < -0.3 is 17.2 Å². The number of benzene rings is 1. The molecule has 1 rings (SSSR count). The van der Waals surface area contributed by atoms with Crippen molar-refractivity contribution < 1.29 is 4.39 Å². The quantitative estimate of drug-likeness (QED) is 0.517. The molecule has 1 aromatic rings. The zero-order valence-corrected chi connectivity index (χ0v) is 9.25. The molecule has 0 spiro atoms. The van der Waals surface area contributed by atoms with Crippen LogP contribution in [0.3, 0.4) is 0 Å². The molecule has 7 heteroatoms. The second-order valence-electron chi connectivity index (χ2n) is 2.84. The van der Waals surface area contributed by atoms with Gasteiger partial charge in [-0.15, -0.1) is 12.4 Å². The third kappa shape index (κ3) is 5.16. The molecule has 0 atom stereocenters. The van der Waals surface area contributed by atoms with E-state index in [0.717, 1.165) is 0 Å². The molecule has 0 fully saturated rings. The number of nitrogens with two attached hydrogens (primary N) is 3. The molecule has 6 N–H and O–H groups in total. The van der Waals surface area contributed by atoms with Crippen molar-refractivity contribution in [3.63, 3.8) is 0 Å². The second-order valence-corrected chi connectivity index (χ2v) is 2.84. The van der Waals surface area contributed by atoms with Crippen LogP contribution < -0.4 is 17.2 Å². The van der Waals surface area contributed by atoms with Gasteiger partial charge in [-0.1, -0.05) is 12.1 Å². The Morgan fingerprint density at radius 2 is 1.94 bits per heavy atom. The van der Waals surface area contributed by atoms with Crippen LogP contribution in [0.25, 0.3) is 0 Å². The topological polar surface area (TPSA) is 103 Å². The van der Waals surface area contributed by atoms with Gasteiger partial charge >= 0.3 is 0 Å². The van der Waals surface area contributed by atoms with Crippen LogP contribution in [0.2, 0.25) is 0 Å². The average molecular weight is 246 g/mol. The highest BCUT2D eigenvalue weighted by atomic mass is 35.5. The van der Waals surface area contributed by atoms with E-state index in [2.05, 4.69) is 9.98 Å². The summed E-state index contributed by atoms with van der Waals surface area (Å²) in [6.45, 7) is 0.236. The van der Waals surface area contributed by atoms with E-state index in [9.17, 15) is 4.39 Å². The molecule has 0 saturated heterocycles. The summed E-state index contributed by atoms with van der Waals surface area (Å²) >= 11 is 0. The predicted octanol–water partition coefficient (Wildman–Crippen LogP) is 0.336. The normalized spacial score (nSPS) is 10.4. The molecular weight excluding hydrogens is 233 g/mol. The summed E-state index contributed by atoms with van der Waals surface area (Å²) in [6.07, 6.45) is 0. The van der Waals surface area contributed by atoms with Crippen molar-refractivity contribution in [2.75, 3.05) is 0 Å². The zero-order chi connectivity index (χ0) is 11.3. The highest BCUT2D eigenvalue weighted by Gasteiger charge is 1.94. The van der Waals surface area contributed by atoms with Crippen molar-refractivity contribution in [2.24, 2.45) is 27.2 Å². The fourth-order valence-electron chi connectivity index (χ4n) is 0.975. The number of hydrogen-bond acceptors (Lipinski definition) is 1. The Morgan fingerprint density at radius 3 is 2.50 bits per heavy atom. The van der Waals surface area contributed by atoms with Gasteiger partial charge in [0.15, 0.2) is 5.96 Å². The van der Waals surface area contributed by atoms with Crippen LogP contribution in [-0.4, -0.2) is 11.9 Å². The number of hydrogen-bond donors (Lipinski definition) is 3. The van der Waals surface area contributed by atoms with Gasteiger partial charge in [-0.05, 0) is 17.7 Å². The first-order chi connectivity index (χ1) is 7.08. The Morgan fingerprint density at radius 1 is 1.25 bits per heavy atom. The van der Waals surface area contributed by atoms with Gasteiger partial charge in [0, 0.05) is 0 Å². The maximum absolute atomic E-state index is 12.8. The number of halogens is 2. The molecular formula is C9H13ClFN5. The van der Waals surface area contributed by atoms with E-state index < -0.39 is 0 Å². The van der Waals surface area contributed by atoms with E-state index >= 15 is 0 Å². The Kier molecular flexibility index (Phi) is 5.87. The summed E-state index contributed by atoms with van der Waals surface area (Å²) in [5.41, 5.74) is 16.3. The van der Waals surface area contributed by atoms with Gasteiger partial charge in [-0.25, -0.2) is 9.38 Å². The van der Waals surface area contributed by atoms with Gasteiger partial charge in [0.2, 0.25) is 5.96 Å². The molecule has 0 amide bonds. The summed E-state index contributed by atoms with van der Waals surface area (Å²) in [5.74, 6) is -0.502. The molecule has 0 radical (unpaired) electrons. The van der Waals surface area contributed by atoms with Crippen molar-refractivity contribution in [1.29, 1.82) is 0 Å². The minimum absolute atomic E-state index is 0. The molecule has 1 aromatic carbocycles. The summed E-state index contributed by atoms with van der Waals surface area (Å²) in [4.78, 5) is 7.38. The molecule has 16 heavy (non-hydrogen) atoms. The Bertz CT molecular complexity index is 401. The molecule has 0 bridgehead atoms. The summed E-state index contributed by atoms with van der Waals surface area (Å²) in [6, 6.07) is 6.05. The third-order valence-electron chi connectivity index (χ3n) is 1.56. The highest BCUT2D eigenvalue weighted by Crippen LogP contribution is 2.04. The van der Waals surface area contributed by atoms with Crippen LogP contribution in [-0.2, 0) is 6.54 Å².